The van der Waals surface area contributed by atoms with E-state index < -0.39 is 5.97 Å². The Balaban J connectivity index is 1.84. The molecule has 2 aliphatic rings. The molecule has 4 nitrogen and oxygen atoms in total. The Hall–Kier alpha value is -0.610. The van der Waals surface area contributed by atoms with E-state index in [2.05, 4.69) is 4.90 Å². The standard InChI is InChI=1S/C14H25NO3/c16-14(17)10-13-11-15(8-9-18-13)12-6-4-2-1-3-5-7-12/h12-13H,1-11H2,(H,16,17). The zero-order chi connectivity index (χ0) is 12.8. The Morgan fingerprint density at radius 1 is 1.17 bits per heavy atom. The number of ether oxygens (including phenoxy) is 1. The monoisotopic (exact) mass is 255 g/mol. The van der Waals surface area contributed by atoms with Gasteiger partial charge in [-0.15, -0.1) is 0 Å². The first-order valence-corrected chi connectivity index (χ1v) is 7.33. The summed E-state index contributed by atoms with van der Waals surface area (Å²) in [5.74, 6) is -0.750. The van der Waals surface area contributed by atoms with Crippen LogP contribution in [0.5, 0.6) is 0 Å². The van der Waals surface area contributed by atoms with Gasteiger partial charge in [0, 0.05) is 19.1 Å². The minimum Gasteiger partial charge on any atom is -0.481 e. The van der Waals surface area contributed by atoms with Crippen LogP contribution in [0, 0.1) is 0 Å². The van der Waals surface area contributed by atoms with Crippen LogP contribution in [-0.4, -0.2) is 47.8 Å². The van der Waals surface area contributed by atoms with Crippen LogP contribution < -0.4 is 0 Å². The van der Waals surface area contributed by atoms with Crippen LogP contribution >= 0.6 is 0 Å². The maximum absolute atomic E-state index is 10.8. The summed E-state index contributed by atoms with van der Waals surface area (Å²) >= 11 is 0. The van der Waals surface area contributed by atoms with Crippen LogP contribution in [0.4, 0.5) is 0 Å². The molecule has 0 bridgehead atoms. The summed E-state index contributed by atoms with van der Waals surface area (Å²) in [4.78, 5) is 13.2. The predicted molar refractivity (Wildman–Crippen MR) is 69.7 cm³/mol. The van der Waals surface area contributed by atoms with Gasteiger partial charge in [-0.3, -0.25) is 9.69 Å². The average Bonchev–Trinajstić information content (AvgIpc) is 2.27. The number of rotatable bonds is 3. The molecule has 1 aliphatic carbocycles. The zero-order valence-corrected chi connectivity index (χ0v) is 11.1. The Labute approximate surface area is 109 Å². The molecular formula is C14H25NO3. The van der Waals surface area contributed by atoms with E-state index in [1.54, 1.807) is 0 Å². The number of carboxylic acids is 1. The first-order valence-electron chi connectivity index (χ1n) is 7.33. The first kappa shape index (κ1) is 13.8. The molecule has 1 saturated carbocycles. The van der Waals surface area contributed by atoms with Gasteiger partial charge in [-0.25, -0.2) is 0 Å². The van der Waals surface area contributed by atoms with Crippen LogP contribution in [0.25, 0.3) is 0 Å². The van der Waals surface area contributed by atoms with Gasteiger partial charge in [0.15, 0.2) is 0 Å². The number of hydrogen-bond acceptors (Lipinski definition) is 3. The van der Waals surface area contributed by atoms with Gasteiger partial charge in [0.2, 0.25) is 0 Å². The van der Waals surface area contributed by atoms with Crippen molar-refractivity contribution in [3.05, 3.63) is 0 Å². The topological polar surface area (TPSA) is 49.8 Å². The highest BCUT2D eigenvalue weighted by atomic mass is 16.5. The van der Waals surface area contributed by atoms with E-state index >= 15 is 0 Å². The number of carboxylic acid groups (broad SMARTS) is 1. The van der Waals surface area contributed by atoms with E-state index in [4.69, 9.17) is 9.84 Å². The molecule has 0 spiro atoms. The molecule has 2 fully saturated rings. The van der Waals surface area contributed by atoms with E-state index in [0.29, 0.717) is 12.6 Å². The lowest BCUT2D eigenvalue weighted by Crippen LogP contribution is -2.48. The number of nitrogens with zero attached hydrogens (tertiary/aromatic N) is 1. The Kier molecular flexibility index (Phi) is 5.45. The van der Waals surface area contributed by atoms with E-state index in [0.717, 1.165) is 13.1 Å². The highest BCUT2D eigenvalue weighted by molar-refractivity contribution is 5.67. The average molecular weight is 255 g/mol. The SMILES string of the molecule is O=C(O)CC1CN(C2CCCCCCC2)CCO1. The number of morpholine rings is 1. The molecule has 1 atom stereocenters. The molecule has 2 rings (SSSR count). The molecule has 4 heteroatoms. The van der Waals surface area contributed by atoms with Crippen LogP contribution in [0.1, 0.15) is 51.4 Å². The Morgan fingerprint density at radius 3 is 2.50 bits per heavy atom. The molecule has 18 heavy (non-hydrogen) atoms. The van der Waals surface area contributed by atoms with Gasteiger partial charge in [-0.05, 0) is 12.8 Å². The van der Waals surface area contributed by atoms with Crippen LogP contribution in [0.2, 0.25) is 0 Å². The van der Waals surface area contributed by atoms with Gasteiger partial charge in [-0.2, -0.15) is 0 Å². The van der Waals surface area contributed by atoms with Crippen molar-refractivity contribution in [2.75, 3.05) is 19.7 Å². The van der Waals surface area contributed by atoms with Crippen molar-refractivity contribution in [3.8, 4) is 0 Å². The maximum Gasteiger partial charge on any atom is 0.306 e. The van der Waals surface area contributed by atoms with Gasteiger partial charge in [0.25, 0.3) is 0 Å². The summed E-state index contributed by atoms with van der Waals surface area (Å²) in [6.45, 7) is 2.46. The van der Waals surface area contributed by atoms with E-state index in [1.807, 2.05) is 0 Å². The lowest BCUT2D eigenvalue weighted by Gasteiger charge is -2.38. The number of carbonyl (C=O) groups is 1. The third-order valence-corrected chi connectivity index (χ3v) is 4.16. The van der Waals surface area contributed by atoms with Crippen LogP contribution in [-0.2, 0) is 9.53 Å². The summed E-state index contributed by atoms with van der Waals surface area (Å²) in [6, 6.07) is 0.658. The van der Waals surface area contributed by atoms with Crippen molar-refractivity contribution < 1.29 is 14.6 Å². The molecular weight excluding hydrogens is 230 g/mol. The number of aliphatic carboxylic acids is 1. The fourth-order valence-electron chi connectivity index (χ4n) is 3.19. The van der Waals surface area contributed by atoms with E-state index in [9.17, 15) is 4.79 Å². The Bertz CT molecular complexity index is 262. The highest BCUT2D eigenvalue weighted by Gasteiger charge is 2.27. The second kappa shape index (κ2) is 7.10. The molecule has 0 aromatic rings. The van der Waals surface area contributed by atoms with Gasteiger partial charge < -0.3 is 9.84 Å². The molecule has 1 heterocycles. The molecule has 104 valence electrons. The lowest BCUT2D eigenvalue weighted by atomic mass is 9.95. The highest BCUT2D eigenvalue weighted by Crippen LogP contribution is 2.23. The smallest absolute Gasteiger partial charge is 0.306 e. The summed E-state index contributed by atoms with van der Waals surface area (Å²) < 4.78 is 5.54. The van der Waals surface area contributed by atoms with Crippen molar-refractivity contribution in [1.82, 2.24) is 4.90 Å². The van der Waals surface area contributed by atoms with Gasteiger partial charge in [0.05, 0.1) is 19.1 Å². The molecule has 0 amide bonds. The fourth-order valence-corrected chi connectivity index (χ4v) is 3.19. The third-order valence-electron chi connectivity index (χ3n) is 4.16. The lowest BCUT2D eigenvalue weighted by molar-refractivity contribution is -0.142. The van der Waals surface area contributed by atoms with E-state index in [1.165, 1.54) is 44.9 Å². The quantitative estimate of drug-likeness (QED) is 0.840. The third kappa shape index (κ3) is 4.25. The molecule has 1 N–H and O–H groups in total. The summed E-state index contributed by atoms with van der Waals surface area (Å²) in [6.07, 6.45) is 9.35. The van der Waals surface area contributed by atoms with Gasteiger partial charge in [0.1, 0.15) is 0 Å². The first-order chi connectivity index (χ1) is 8.75. The van der Waals surface area contributed by atoms with Crippen molar-refractivity contribution in [1.29, 1.82) is 0 Å². The zero-order valence-electron chi connectivity index (χ0n) is 11.1. The van der Waals surface area contributed by atoms with Crippen molar-refractivity contribution in [3.63, 3.8) is 0 Å². The van der Waals surface area contributed by atoms with E-state index in [-0.39, 0.29) is 12.5 Å². The van der Waals surface area contributed by atoms with Crippen molar-refractivity contribution in [2.24, 2.45) is 0 Å². The normalized spacial score (nSPS) is 28.6. The van der Waals surface area contributed by atoms with Crippen molar-refractivity contribution >= 4 is 5.97 Å². The maximum atomic E-state index is 10.8. The fraction of sp³-hybridized carbons (Fsp3) is 0.929. The predicted octanol–water partition coefficient (Wildman–Crippen LogP) is 2.27. The summed E-state index contributed by atoms with van der Waals surface area (Å²) in [7, 11) is 0. The second-order valence-corrected chi connectivity index (χ2v) is 5.58. The second-order valence-electron chi connectivity index (χ2n) is 5.58. The van der Waals surface area contributed by atoms with Crippen molar-refractivity contribution in [2.45, 2.75) is 63.5 Å². The Morgan fingerprint density at radius 2 is 1.83 bits per heavy atom. The summed E-state index contributed by atoms with van der Waals surface area (Å²) in [5, 5.41) is 8.85. The summed E-state index contributed by atoms with van der Waals surface area (Å²) in [5.41, 5.74) is 0. The molecule has 1 unspecified atom stereocenters. The number of hydrogen-bond donors (Lipinski definition) is 1. The molecule has 0 aromatic carbocycles. The minimum absolute atomic E-state index is 0.110. The van der Waals surface area contributed by atoms with Gasteiger partial charge in [-0.1, -0.05) is 32.1 Å². The molecule has 0 aromatic heterocycles. The molecule has 1 saturated heterocycles. The molecule has 1 aliphatic heterocycles. The molecule has 0 radical (unpaired) electrons. The van der Waals surface area contributed by atoms with Crippen LogP contribution in [0.3, 0.4) is 0 Å². The minimum atomic E-state index is -0.750. The largest absolute Gasteiger partial charge is 0.481 e. The van der Waals surface area contributed by atoms with Gasteiger partial charge >= 0.3 is 5.97 Å². The van der Waals surface area contributed by atoms with Crippen LogP contribution in [0.15, 0.2) is 0 Å².